The smallest absolute Gasteiger partial charge is 0.327 e. The molecule has 1 aliphatic heterocycles. The zero-order chi connectivity index (χ0) is 13.5. The van der Waals surface area contributed by atoms with Crippen molar-refractivity contribution in [2.24, 2.45) is 5.41 Å². The van der Waals surface area contributed by atoms with Crippen LogP contribution in [0, 0.1) is 5.41 Å². The number of carbonyl (C=O) groups excluding carboxylic acids is 1. The number of carbonyl (C=O) groups is 2. The Kier molecular flexibility index (Phi) is 3.49. The zero-order valence-corrected chi connectivity index (χ0v) is 11.8. The first kappa shape index (κ1) is 13.5. The number of nitrogens with one attached hydrogen (secondary N) is 1. The summed E-state index contributed by atoms with van der Waals surface area (Å²) in [5, 5.41) is 12.1. The fraction of sp³-hybridized carbons (Fsp3) is 0.833. The molecule has 2 amide bonds. The van der Waals surface area contributed by atoms with Crippen LogP contribution in [0.2, 0.25) is 0 Å². The van der Waals surface area contributed by atoms with Crippen LogP contribution in [0.3, 0.4) is 0 Å². The van der Waals surface area contributed by atoms with Gasteiger partial charge in [0.2, 0.25) is 0 Å². The Hall–Kier alpha value is -0.910. The van der Waals surface area contributed by atoms with Crippen molar-refractivity contribution in [1.29, 1.82) is 0 Å². The Bertz CT molecular complexity index is 372. The summed E-state index contributed by atoms with van der Waals surface area (Å²) in [4.78, 5) is 24.9. The van der Waals surface area contributed by atoms with Crippen molar-refractivity contribution >= 4 is 23.8 Å². The van der Waals surface area contributed by atoms with Crippen LogP contribution in [0.15, 0.2) is 0 Å². The molecule has 1 heterocycles. The number of nitrogens with zero attached hydrogens (tertiary/aromatic N) is 1. The second kappa shape index (κ2) is 4.64. The minimum atomic E-state index is -0.913. The predicted octanol–water partition coefficient (Wildman–Crippen LogP) is 1.73. The molecule has 2 rings (SSSR count). The Morgan fingerprint density at radius 3 is 2.56 bits per heavy atom. The highest BCUT2D eigenvalue weighted by molar-refractivity contribution is 8.00. The number of amides is 2. The molecule has 1 aliphatic carbocycles. The standard InChI is InChI=1S/C12H20N2O3S/c1-4-9-14(7(6-18-9)10(15)16)11(17)13-8-5-12(8,2)3/h7-9H,4-6H2,1-3H3,(H,13,17)(H,15,16). The van der Waals surface area contributed by atoms with Crippen LogP contribution in [0.4, 0.5) is 4.79 Å². The predicted molar refractivity (Wildman–Crippen MR) is 70.5 cm³/mol. The SMILES string of the molecule is CCC1SCC(C(=O)O)N1C(=O)NC1CC1(C)C. The number of carboxylic acids is 1. The number of thioether (sulfide) groups is 1. The fourth-order valence-electron chi connectivity index (χ4n) is 2.28. The molecule has 2 N–H and O–H groups in total. The van der Waals surface area contributed by atoms with E-state index in [1.165, 1.54) is 4.90 Å². The molecule has 18 heavy (non-hydrogen) atoms. The molecular weight excluding hydrogens is 252 g/mol. The Morgan fingerprint density at radius 1 is 1.50 bits per heavy atom. The molecule has 0 aromatic rings. The fourth-order valence-corrected chi connectivity index (χ4v) is 3.62. The lowest BCUT2D eigenvalue weighted by molar-refractivity contribution is -0.141. The van der Waals surface area contributed by atoms with E-state index in [-0.39, 0.29) is 22.9 Å². The van der Waals surface area contributed by atoms with Crippen LogP contribution >= 0.6 is 11.8 Å². The molecule has 0 bridgehead atoms. The van der Waals surface area contributed by atoms with Crippen LogP contribution in [0.1, 0.15) is 33.6 Å². The zero-order valence-electron chi connectivity index (χ0n) is 11.0. The van der Waals surface area contributed by atoms with Gasteiger partial charge in [-0.15, -0.1) is 11.8 Å². The van der Waals surface area contributed by atoms with Crippen molar-refractivity contribution in [2.45, 2.75) is 51.1 Å². The van der Waals surface area contributed by atoms with Crippen molar-refractivity contribution in [1.82, 2.24) is 10.2 Å². The lowest BCUT2D eigenvalue weighted by atomic mass is 10.2. The highest BCUT2D eigenvalue weighted by Crippen LogP contribution is 2.45. The van der Waals surface area contributed by atoms with Gasteiger partial charge in [0.05, 0.1) is 5.37 Å². The second-order valence-electron chi connectivity index (χ2n) is 5.65. The van der Waals surface area contributed by atoms with Gasteiger partial charge in [-0.25, -0.2) is 9.59 Å². The van der Waals surface area contributed by atoms with E-state index in [1.807, 2.05) is 6.92 Å². The van der Waals surface area contributed by atoms with Crippen molar-refractivity contribution in [3.8, 4) is 0 Å². The summed E-state index contributed by atoms with van der Waals surface area (Å²) in [5.41, 5.74) is 0.156. The molecule has 102 valence electrons. The molecule has 3 atom stereocenters. The van der Waals surface area contributed by atoms with Gasteiger partial charge in [-0.1, -0.05) is 20.8 Å². The number of carboxylic acid groups (broad SMARTS) is 1. The highest BCUT2D eigenvalue weighted by atomic mass is 32.2. The molecule has 1 saturated heterocycles. The monoisotopic (exact) mass is 272 g/mol. The summed E-state index contributed by atoms with van der Waals surface area (Å²) >= 11 is 1.55. The van der Waals surface area contributed by atoms with E-state index in [9.17, 15) is 9.59 Å². The van der Waals surface area contributed by atoms with Gasteiger partial charge in [0.1, 0.15) is 6.04 Å². The van der Waals surface area contributed by atoms with Gasteiger partial charge in [0.25, 0.3) is 0 Å². The van der Waals surface area contributed by atoms with Gasteiger partial charge >= 0.3 is 12.0 Å². The number of hydrogen-bond acceptors (Lipinski definition) is 3. The third-order valence-electron chi connectivity index (χ3n) is 3.77. The van der Waals surface area contributed by atoms with Gasteiger partial charge in [0, 0.05) is 11.8 Å². The van der Waals surface area contributed by atoms with Gasteiger partial charge in [-0.3, -0.25) is 4.90 Å². The molecule has 0 spiro atoms. The van der Waals surface area contributed by atoms with Gasteiger partial charge < -0.3 is 10.4 Å². The third kappa shape index (κ3) is 2.43. The van der Waals surface area contributed by atoms with E-state index in [0.717, 1.165) is 12.8 Å². The normalized spacial score (nSPS) is 33.3. The molecule has 6 heteroatoms. The number of aliphatic carboxylic acids is 1. The third-order valence-corrected chi connectivity index (χ3v) is 5.23. The molecule has 0 aromatic heterocycles. The maximum Gasteiger partial charge on any atom is 0.327 e. The molecule has 2 fully saturated rings. The van der Waals surface area contributed by atoms with Crippen molar-refractivity contribution in [2.75, 3.05) is 5.75 Å². The Balaban J connectivity index is 2.03. The lowest BCUT2D eigenvalue weighted by Crippen LogP contribution is -2.51. The number of rotatable bonds is 3. The van der Waals surface area contributed by atoms with E-state index in [2.05, 4.69) is 19.2 Å². The van der Waals surface area contributed by atoms with Crippen molar-refractivity contribution in [3.63, 3.8) is 0 Å². The molecule has 1 saturated carbocycles. The van der Waals surface area contributed by atoms with E-state index in [0.29, 0.717) is 5.75 Å². The minimum absolute atomic E-state index is 0.0204. The summed E-state index contributed by atoms with van der Waals surface area (Å²) in [7, 11) is 0. The summed E-state index contributed by atoms with van der Waals surface area (Å²) in [6.45, 7) is 6.18. The maximum absolute atomic E-state index is 12.2. The van der Waals surface area contributed by atoms with Crippen LogP contribution in [0.25, 0.3) is 0 Å². The maximum atomic E-state index is 12.2. The average Bonchev–Trinajstić information content (AvgIpc) is 2.76. The van der Waals surface area contributed by atoms with Crippen LogP contribution in [-0.4, -0.2) is 45.2 Å². The quantitative estimate of drug-likeness (QED) is 0.821. The lowest BCUT2D eigenvalue weighted by Gasteiger charge is -2.27. The van der Waals surface area contributed by atoms with E-state index in [1.54, 1.807) is 11.8 Å². The first-order valence-electron chi connectivity index (χ1n) is 6.30. The molecule has 5 nitrogen and oxygen atoms in total. The first-order chi connectivity index (χ1) is 8.36. The van der Waals surface area contributed by atoms with E-state index >= 15 is 0 Å². The van der Waals surface area contributed by atoms with Gasteiger partial charge in [-0.2, -0.15) is 0 Å². The van der Waals surface area contributed by atoms with Crippen LogP contribution < -0.4 is 5.32 Å². The molecule has 2 aliphatic rings. The summed E-state index contributed by atoms with van der Waals surface area (Å²) in [5.74, 6) is -0.432. The number of hydrogen-bond donors (Lipinski definition) is 2. The summed E-state index contributed by atoms with van der Waals surface area (Å²) < 4.78 is 0. The Morgan fingerprint density at radius 2 is 2.11 bits per heavy atom. The topological polar surface area (TPSA) is 69.6 Å². The highest BCUT2D eigenvalue weighted by Gasteiger charge is 2.49. The van der Waals surface area contributed by atoms with Gasteiger partial charge in [-0.05, 0) is 18.3 Å². The number of urea groups is 1. The van der Waals surface area contributed by atoms with E-state index in [4.69, 9.17) is 5.11 Å². The molecular formula is C12H20N2O3S. The van der Waals surface area contributed by atoms with Crippen LogP contribution in [0.5, 0.6) is 0 Å². The minimum Gasteiger partial charge on any atom is -0.480 e. The Labute approximate surface area is 111 Å². The van der Waals surface area contributed by atoms with Crippen molar-refractivity contribution in [3.05, 3.63) is 0 Å². The molecule has 0 aromatic carbocycles. The van der Waals surface area contributed by atoms with Crippen LogP contribution in [-0.2, 0) is 4.79 Å². The average molecular weight is 272 g/mol. The van der Waals surface area contributed by atoms with E-state index < -0.39 is 12.0 Å². The van der Waals surface area contributed by atoms with Gasteiger partial charge in [0.15, 0.2) is 0 Å². The molecule has 3 unspecified atom stereocenters. The summed E-state index contributed by atoms with van der Waals surface area (Å²) in [6, 6.07) is -0.737. The molecule has 0 radical (unpaired) electrons. The van der Waals surface area contributed by atoms with Crippen molar-refractivity contribution < 1.29 is 14.7 Å². The summed E-state index contributed by atoms with van der Waals surface area (Å²) in [6.07, 6.45) is 1.74. The second-order valence-corrected chi connectivity index (χ2v) is 6.86. The largest absolute Gasteiger partial charge is 0.480 e. The first-order valence-corrected chi connectivity index (χ1v) is 7.35.